The minimum atomic E-state index is -0.352. The van der Waals surface area contributed by atoms with Crippen molar-refractivity contribution in [2.75, 3.05) is 0 Å². The number of phenols is 1. The van der Waals surface area contributed by atoms with Crippen molar-refractivity contribution in [3.63, 3.8) is 0 Å². The molecular weight excluding hydrogens is 352 g/mol. The van der Waals surface area contributed by atoms with E-state index in [1.807, 2.05) is 24.3 Å². The third kappa shape index (κ3) is 4.03. The van der Waals surface area contributed by atoms with Crippen molar-refractivity contribution in [2.45, 2.75) is 6.54 Å². The Hall–Kier alpha value is -1.92. The fourth-order valence-electron chi connectivity index (χ4n) is 1.80. The lowest BCUT2D eigenvalue weighted by Crippen LogP contribution is -2.23. The molecule has 0 heterocycles. The number of rotatable bonds is 4. The summed E-state index contributed by atoms with van der Waals surface area (Å²) in [5.41, 5.74) is 7.42. The fourth-order valence-corrected chi connectivity index (χ4v) is 2.29. The highest BCUT2D eigenvalue weighted by molar-refractivity contribution is 9.10. The third-order valence-corrected chi connectivity index (χ3v) is 3.60. The normalized spacial score (nSPS) is 10.1. The molecule has 2 aromatic carbocycles. The minimum Gasteiger partial charge on any atom is -0.507 e. The molecule has 2 aromatic rings. The van der Waals surface area contributed by atoms with Crippen molar-refractivity contribution in [1.29, 1.82) is 0 Å². The number of halogens is 1. The molecule has 0 aliphatic rings. The van der Waals surface area contributed by atoms with Gasteiger partial charge in [-0.3, -0.25) is 4.79 Å². The number of amides is 1. The van der Waals surface area contributed by atoms with Gasteiger partial charge < -0.3 is 16.2 Å². The molecule has 21 heavy (non-hydrogen) atoms. The van der Waals surface area contributed by atoms with Crippen molar-refractivity contribution in [2.24, 2.45) is 5.73 Å². The van der Waals surface area contributed by atoms with Crippen LogP contribution in [-0.2, 0) is 6.54 Å². The first-order valence-corrected chi connectivity index (χ1v) is 7.33. The van der Waals surface area contributed by atoms with Crippen molar-refractivity contribution < 1.29 is 9.90 Å². The highest BCUT2D eigenvalue weighted by Crippen LogP contribution is 2.21. The Balaban J connectivity index is 2.09. The molecule has 4 N–H and O–H groups in total. The predicted octanol–water partition coefficient (Wildman–Crippen LogP) is 2.72. The maximum absolute atomic E-state index is 12.1. The number of hydrogen-bond donors (Lipinski definition) is 3. The second kappa shape index (κ2) is 6.69. The van der Waals surface area contributed by atoms with E-state index in [1.54, 1.807) is 12.1 Å². The topological polar surface area (TPSA) is 75.3 Å². The van der Waals surface area contributed by atoms with Crippen molar-refractivity contribution in [1.82, 2.24) is 5.32 Å². The molecule has 0 bridgehead atoms. The summed E-state index contributed by atoms with van der Waals surface area (Å²) in [5, 5.41) is 12.4. The lowest BCUT2D eigenvalue weighted by molar-refractivity contribution is 0.0948. The average Bonchev–Trinajstić information content (AvgIpc) is 2.47. The number of nitrogens with one attached hydrogen (secondary N) is 1. The summed E-state index contributed by atoms with van der Waals surface area (Å²) in [6, 6.07) is 12.0. The zero-order chi connectivity index (χ0) is 15.4. The summed E-state index contributed by atoms with van der Waals surface area (Å²) in [4.78, 5) is 12.4. The fraction of sp³-hybridized carbons (Fsp3) is 0.0667. The average molecular weight is 365 g/mol. The molecule has 0 aliphatic carbocycles. The number of thiocarbonyl (C=S) groups is 1. The molecular formula is C15H13BrN2O2S. The molecule has 1 amide bonds. The Bertz CT molecular complexity index is 704. The summed E-state index contributed by atoms with van der Waals surface area (Å²) >= 11 is 8.18. The summed E-state index contributed by atoms with van der Waals surface area (Å²) in [6.07, 6.45) is 0. The van der Waals surface area contributed by atoms with E-state index >= 15 is 0 Å². The Morgan fingerprint density at radius 2 is 2.05 bits per heavy atom. The summed E-state index contributed by atoms with van der Waals surface area (Å²) in [5.74, 6) is -0.415. The second-order valence-corrected chi connectivity index (χ2v) is 5.76. The van der Waals surface area contributed by atoms with Gasteiger partial charge in [0.15, 0.2) is 0 Å². The van der Waals surface area contributed by atoms with Crippen LogP contribution in [0.15, 0.2) is 46.9 Å². The standard InChI is InChI=1S/C15H13BrN2O2S/c16-11-4-5-13(19)12(7-11)15(20)18-8-9-2-1-3-10(6-9)14(17)21/h1-7,19H,8H2,(H2,17,21)(H,18,20). The van der Waals surface area contributed by atoms with E-state index in [1.165, 1.54) is 6.07 Å². The molecule has 0 fully saturated rings. The van der Waals surface area contributed by atoms with E-state index in [0.717, 1.165) is 15.6 Å². The van der Waals surface area contributed by atoms with Crippen molar-refractivity contribution in [3.05, 3.63) is 63.6 Å². The molecule has 2 rings (SSSR count). The SMILES string of the molecule is NC(=S)c1cccc(CNC(=O)c2cc(Br)ccc2O)c1. The molecule has 0 spiro atoms. The lowest BCUT2D eigenvalue weighted by Gasteiger charge is -2.08. The first-order chi connectivity index (χ1) is 9.97. The van der Waals surface area contributed by atoms with Crippen LogP contribution < -0.4 is 11.1 Å². The molecule has 0 atom stereocenters. The number of carbonyl (C=O) groups excluding carboxylic acids is 1. The second-order valence-electron chi connectivity index (χ2n) is 4.41. The van der Waals surface area contributed by atoms with Gasteiger partial charge in [-0.1, -0.05) is 46.3 Å². The highest BCUT2D eigenvalue weighted by atomic mass is 79.9. The van der Waals surface area contributed by atoms with E-state index in [9.17, 15) is 9.90 Å². The summed E-state index contributed by atoms with van der Waals surface area (Å²) in [6.45, 7) is 0.321. The smallest absolute Gasteiger partial charge is 0.255 e. The van der Waals surface area contributed by atoms with Crippen LogP contribution in [-0.4, -0.2) is 16.0 Å². The van der Waals surface area contributed by atoms with Crippen LogP contribution in [0, 0.1) is 0 Å². The van der Waals surface area contributed by atoms with Gasteiger partial charge in [-0.15, -0.1) is 0 Å². The van der Waals surface area contributed by atoms with Gasteiger partial charge in [-0.2, -0.15) is 0 Å². The predicted molar refractivity (Wildman–Crippen MR) is 89.3 cm³/mol. The molecule has 0 aliphatic heterocycles. The summed E-state index contributed by atoms with van der Waals surface area (Å²) in [7, 11) is 0. The van der Waals surface area contributed by atoms with E-state index in [4.69, 9.17) is 18.0 Å². The third-order valence-electron chi connectivity index (χ3n) is 2.87. The maximum atomic E-state index is 12.1. The molecule has 0 saturated carbocycles. The van der Waals surface area contributed by atoms with Crippen LogP contribution in [0.1, 0.15) is 21.5 Å². The minimum absolute atomic E-state index is 0.0624. The van der Waals surface area contributed by atoms with Gasteiger partial charge in [0.05, 0.1) is 5.56 Å². The van der Waals surface area contributed by atoms with Gasteiger partial charge in [0.25, 0.3) is 5.91 Å². The first-order valence-electron chi connectivity index (χ1n) is 6.13. The van der Waals surface area contributed by atoms with Crippen LogP contribution in [0.25, 0.3) is 0 Å². The largest absolute Gasteiger partial charge is 0.507 e. The van der Waals surface area contributed by atoms with Crippen LogP contribution in [0.3, 0.4) is 0 Å². The number of carbonyl (C=O) groups is 1. The van der Waals surface area contributed by atoms with E-state index in [-0.39, 0.29) is 17.2 Å². The summed E-state index contributed by atoms with van der Waals surface area (Å²) < 4.78 is 0.723. The van der Waals surface area contributed by atoms with Gasteiger partial charge in [0.1, 0.15) is 10.7 Å². The van der Waals surface area contributed by atoms with Gasteiger partial charge in [0.2, 0.25) is 0 Å². The molecule has 6 heteroatoms. The van der Waals surface area contributed by atoms with E-state index in [2.05, 4.69) is 21.2 Å². The number of nitrogens with two attached hydrogens (primary N) is 1. The van der Waals surface area contributed by atoms with E-state index < -0.39 is 0 Å². The monoisotopic (exact) mass is 364 g/mol. The Labute approximate surface area is 136 Å². The Morgan fingerprint density at radius 3 is 2.76 bits per heavy atom. The van der Waals surface area contributed by atoms with E-state index in [0.29, 0.717) is 11.5 Å². The number of hydrogen-bond acceptors (Lipinski definition) is 3. The Morgan fingerprint density at radius 1 is 1.29 bits per heavy atom. The highest BCUT2D eigenvalue weighted by Gasteiger charge is 2.11. The number of aromatic hydroxyl groups is 1. The lowest BCUT2D eigenvalue weighted by atomic mass is 10.1. The van der Waals surface area contributed by atoms with Crippen LogP contribution in [0.5, 0.6) is 5.75 Å². The molecule has 108 valence electrons. The molecule has 4 nitrogen and oxygen atoms in total. The maximum Gasteiger partial charge on any atom is 0.255 e. The molecule has 0 radical (unpaired) electrons. The van der Waals surface area contributed by atoms with Crippen LogP contribution in [0.4, 0.5) is 0 Å². The van der Waals surface area contributed by atoms with Crippen LogP contribution in [0.2, 0.25) is 0 Å². The molecule has 0 unspecified atom stereocenters. The van der Waals surface area contributed by atoms with Gasteiger partial charge in [-0.25, -0.2) is 0 Å². The number of benzene rings is 2. The quantitative estimate of drug-likeness (QED) is 0.729. The molecule has 0 aromatic heterocycles. The Kier molecular flexibility index (Phi) is 4.93. The zero-order valence-electron chi connectivity index (χ0n) is 11.0. The van der Waals surface area contributed by atoms with Crippen molar-refractivity contribution in [3.8, 4) is 5.75 Å². The van der Waals surface area contributed by atoms with Gasteiger partial charge in [-0.05, 0) is 29.8 Å². The van der Waals surface area contributed by atoms with Crippen LogP contribution >= 0.6 is 28.1 Å². The van der Waals surface area contributed by atoms with Gasteiger partial charge in [0, 0.05) is 16.6 Å². The van der Waals surface area contributed by atoms with Crippen molar-refractivity contribution >= 4 is 39.0 Å². The zero-order valence-corrected chi connectivity index (χ0v) is 13.4. The number of phenolic OH excluding ortho intramolecular Hbond substituents is 1. The van der Waals surface area contributed by atoms with Gasteiger partial charge >= 0.3 is 0 Å². The first kappa shape index (κ1) is 15.5. The molecule has 0 saturated heterocycles.